The number of fused-ring (bicyclic) bond motifs is 7. The van der Waals surface area contributed by atoms with E-state index < -0.39 is 186 Å². The second-order valence-electron chi connectivity index (χ2n) is 26.2. The number of aliphatic hydroxyl groups excluding tert-OH is 15. The molecule has 82 heavy (non-hydrogen) atoms. The molecule has 27 nitrogen and oxygen atoms in total. The average Bonchev–Trinajstić information content (AvgIpc) is 4.13. The van der Waals surface area contributed by atoms with Crippen LogP contribution in [-0.4, -0.2) is 280 Å². The van der Waals surface area contributed by atoms with Crippen LogP contribution in [0.1, 0.15) is 98.8 Å². The van der Waals surface area contributed by atoms with Gasteiger partial charge in [0.1, 0.15) is 110 Å². The molecule has 0 radical (unpaired) electrons. The van der Waals surface area contributed by atoms with Gasteiger partial charge in [0, 0.05) is 12.3 Å². The van der Waals surface area contributed by atoms with Crippen LogP contribution >= 0.6 is 0 Å². The molecule has 0 spiro atoms. The molecule has 4 saturated carbocycles. The quantitative estimate of drug-likeness (QED) is 0.0646. The summed E-state index contributed by atoms with van der Waals surface area (Å²) in [7, 11) is 0. The van der Waals surface area contributed by atoms with E-state index in [0.29, 0.717) is 42.9 Å². The minimum absolute atomic E-state index is 0.00747. The smallest absolute Gasteiger partial charge is 0.187 e. The molecule has 6 aliphatic heterocycles. The monoisotopic (exact) mass is 1180 g/mol. The van der Waals surface area contributed by atoms with Crippen LogP contribution in [0, 0.1) is 46.3 Å². The summed E-state index contributed by atoms with van der Waals surface area (Å²) in [5, 5.41) is 171. The maximum absolute atomic E-state index is 12.1. The molecular weight excluding hydrogens is 1090 g/mol. The van der Waals surface area contributed by atoms with Gasteiger partial charge >= 0.3 is 0 Å². The van der Waals surface area contributed by atoms with Crippen molar-refractivity contribution in [3.8, 4) is 0 Å². The van der Waals surface area contributed by atoms with E-state index in [-0.39, 0.29) is 41.3 Å². The van der Waals surface area contributed by atoms with Crippen LogP contribution in [0.15, 0.2) is 0 Å². The molecule has 474 valence electrons. The first-order valence-electron chi connectivity index (χ1n) is 29.7. The fourth-order valence-electron chi connectivity index (χ4n) is 16.6. The normalized spacial score (nSPS) is 56.5. The Kier molecular flexibility index (Phi) is 19.5. The largest absolute Gasteiger partial charge is 0.394 e. The van der Waals surface area contributed by atoms with Crippen molar-refractivity contribution in [3.63, 3.8) is 0 Å². The van der Waals surface area contributed by atoms with Gasteiger partial charge in [0.15, 0.2) is 37.2 Å². The SMILES string of the molecule is CC(CCC1(O)OC2CC3C4CCC5CC(O[C@@H]6O[C@H](CO[C@@H]7O[C@@H](C)[C@H](O[C@@H]8OC[C@H](O)[C@H](O)[C@H]8O[C@@H]8O[C@H](CO)[C@@H](O)[C@H](O)[C@H]8O)[C@@H](O)[C@H]7O)[C@@H](O)[C@H](O)[C@H]6O)CCC5(C)C4CCC3(C)C2C1C)O[C@@H]1O[C@H](CO)[C@@H](O)[C@H](O)[C@H]1O. The number of hydrogen-bond acceptors (Lipinski definition) is 27. The van der Waals surface area contributed by atoms with Gasteiger partial charge in [-0.3, -0.25) is 0 Å². The van der Waals surface area contributed by atoms with Crippen molar-refractivity contribution < 1.29 is 134 Å². The average molecular weight is 1190 g/mol. The van der Waals surface area contributed by atoms with E-state index in [1.165, 1.54) is 6.92 Å². The standard InChI is InChI=1S/C55H92O27/c1-20(74-49-42(67)38(63)35(60)30(16-56)77-49)8-13-55(71)21(2)33-29(82-55)15-27-25-7-6-23-14-24(9-11-53(23,4)26(25)10-12-54(27,33)5)76-50-43(68)40(65)37(62)32(79-50)19-73-48-45(70)41(66)46(22(3)75-48)80-52-47(34(59)28(58)18-72-52)81-51-44(69)39(64)36(61)31(17-57)78-51/h20-52,56-71H,6-19H2,1-5H3/t20?,21?,22-,23?,24?,25?,26?,27?,28-,29?,30+,31+,32+,33?,34-,35+,36+,37+,38-,39-,40-,41-,42+,43+,44+,45+,46-,47+,48+,49+,50+,51-,52-,53?,54?,55?/m0/s1. The highest BCUT2D eigenvalue weighted by Gasteiger charge is 2.69. The Balaban J connectivity index is 0.703. The highest BCUT2D eigenvalue weighted by Crippen LogP contribution is 2.71. The molecule has 0 aromatic rings. The summed E-state index contributed by atoms with van der Waals surface area (Å²) in [6, 6.07) is 0. The Bertz CT molecular complexity index is 2100. The van der Waals surface area contributed by atoms with Crippen molar-refractivity contribution in [2.75, 3.05) is 26.4 Å². The number of rotatable bonds is 16. The molecule has 36 atom stereocenters. The highest BCUT2D eigenvalue weighted by atomic mass is 16.8. The van der Waals surface area contributed by atoms with Crippen molar-refractivity contribution in [3.05, 3.63) is 0 Å². The molecule has 27 heteroatoms. The van der Waals surface area contributed by atoms with Crippen LogP contribution in [0.2, 0.25) is 0 Å². The van der Waals surface area contributed by atoms with Crippen LogP contribution in [0.25, 0.3) is 0 Å². The fourth-order valence-corrected chi connectivity index (χ4v) is 16.6. The van der Waals surface area contributed by atoms with E-state index in [4.69, 9.17) is 52.1 Å². The lowest BCUT2D eigenvalue weighted by molar-refractivity contribution is -0.378. The molecule has 6 heterocycles. The molecule has 16 N–H and O–H groups in total. The summed E-state index contributed by atoms with van der Waals surface area (Å²) in [6.45, 7) is 7.81. The maximum atomic E-state index is 12.1. The van der Waals surface area contributed by atoms with E-state index in [1.807, 2.05) is 0 Å². The molecule has 0 aromatic heterocycles. The number of aliphatic hydroxyl groups is 16. The third-order valence-electron chi connectivity index (χ3n) is 21.5. The molecule has 0 amide bonds. The number of ether oxygens (including phenoxy) is 11. The van der Waals surface area contributed by atoms with Crippen LogP contribution in [-0.2, 0) is 52.1 Å². The van der Waals surface area contributed by atoms with Crippen LogP contribution < -0.4 is 0 Å². The highest BCUT2D eigenvalue weighted by molar-refractivity contribution is 5.15. The third-order valence-corrected chi connectivity index (χ3v) is 21.5. The van der Waals surface area contributed by atoms with Gasteiger partial charge in [0.2, 0.25) is 0 Å². The zero-order chi connectivity index (χ0) is 59.2. The molecule has 10 aliphatic rings. The van der Waals surface area contributed by atoms with Crippen LogP contribution in [0.3, 0.4) is 0 Å². The molecule has 0 aromatic carbocycles. The predicted molar refractivity (Wildman–Crippen MR) is 272 cm³/mol. The van der Waals surface area contributed by atoms with Gasteiger partial charge < -0.3 is 134 Å². The lowest BCUT2D eigenvalue weighted by Gasteiger charge is -2.61. The first kappa shape index (κ1) is 63.9. The maximum Gasteiger partial charge on any atom is 0.187 e. The topological polar surface area (TPSA) is 425 Å². The zero-order valence-electron chi connectivity index (χ0n) is 47.1. The molecule has 10 rings (SSSR count). The minimum atomic E-state index is -1.88. The third kappa shape index (κ3) is 11.6. The van der Waals surface area contributed by atoms with Gasteiger partial charge in [-0.15, -0.1) is 0 Å². The first-order chi connectivity index (χ1) is 38.7. The fraction of sp³-hybridized carbons (Fsp3) is 1.00. The predicted octanol–water partition coefficient (Wildman–Crippen LogP) is -4.71. The molecule has 10 fully saturated rings. The Morgan fingerprint density at radius 3 is 1.78 bits per heavy atom. The zero-order valence-corrected chi connectivity index (χ0v) is 47.1. The van der Waals surface area contributed by atoms with E-state index in [0.717, 1.165) is 38.5 Å². The van der Waals surface area contributed by atoms with Gasteiger partial charge in [-0.2, -0.15) is 0 Å². The van der Waals surface area contributed by atoms with Crippen LogP contribution in [0.4, 0.5) is 0 Å². The Labute approximate surface area is 475 Å². The van der Waals surface area contributed by atoms with Crippen molar-refractivity contribution in [2.24, 2.45) is 46.3 Å². The minimum Gasteiger partial charge on any atom is -0.394 e. The molecule has 0 bridgehead atoms. The second kappa shape index (κ2) is 25.1. The van der Waals surface area contributed by atoms with E-state index in [1.54, 1.807) is 6.92 Å². The van der Waals surface area contributed by atoms with Gasteiger partial charge in [0.25, 0.3) is 0 Å². The van der Waals surface area contributed by atoms with Gasteiger partial charge in [0.05, 0.1) is 50.8 Å². The van der Waals surface area contributed by atoms with Crippen molar-refractivity contribution in [1.82, 2.24) is 0 Å². The van der Waals surface area contributed by atoms with Crippen molar-refractivity contribution >= 4 is 0 Å². The van der Waals surface area contributed by atoms with Gasteiger partial charge in [-0.1, -0.05) is 20.8 Å². The summed E-state index contributed by atoms with van der Waals surface area (Å²) >= 11 is 0. The Hall–Kier alpha value is -1.08. The van der Waals surface area contributed by atoms with E-state index in [9.17, 15) is 81.7 Å². The molecular formula is C55H92O27. The number of hydrogen-bond donors (Lipinski definition) is 16. The Morgan fingerprint density at radius 2 is 1.12 bits per heavy atom. The summed E-state index contributed by atoms with van der Waals surface area (Å²) in [6.07, 6.45) is -30.5. The Morgan fingerprint density at radius 1 is 0.549 bits per heavy atom. The summed E-state index contributed by atoms with van der Waals surface area (Å²) in [5.74, 6) is 0.182. The second-order valence-corrected chi connectivity index (χ2v) is 26.2. The molecule has 4 aliphatic carbocycles. The van der Waals surface area contributed by atoms with Crippen LogP contribution in [0.5, 0.6) is 0 Å². The van der Waals surface area contributed by atoms with Gasteiger partial charge in [-0.25, -0.2) is 0 Å². The van der Waals surface area contributed by atoms with Crippen molar-refractivity contribution in [2.45, 2.75) is 270 Å². The van der Waals surface area contributed by atoms with Gasteiger partial charge in [-0.05, 0) is 112 Å². The lowest BCUT2D eigenvalue weighted by Crippen LogP contribution is -2.65. The van der Waals surface area contributed by atoms with Crippen molar-refractivity contribution in [1.29, 1.82) is 0 Å². The first-order valence-corrected chi connectivity index (χ1v) is 29.7. The molecule has 6 saturated heterocycles. The van der Waals surface area contributed by atoms with E-state index >= 15 is 0 Å². The van der Waals surface area contributed by atoms with E-state index in [2.05, 4.69) is 20.8 Å². The molecule has 12 unspecified atom stereocenters. The summed E-state index contributed by atoms with van der Waals surface area (Å²) in [5.41, 5.74) is -0.0481. The summed E-state index contributed by atoms with van der Waals surface area (Å²) < 4.78 is 65.2. The summed E-state index contributed by atoms with van der Waals surface area (Å²) in [4.78, 5) is 0. The lowest BCUT2D eigenvalue weighted by atomic mass is 9.44.